The highest BCUT2D eigenvalue weighted by Gasteiger charge is 2.16. The lowest BCUT2D eigenvalue weighted by atomic mass is 9.95. The van der Waals surface area contributed by atoms with Gasteiger partial charge in [-0.25, -0.2) is 4.39 Å². The maximum Gasteiger partial charge on any atom is 0.129 e. The first kappa shape index (κ1) is 15.0. The van der Waals surface area contributed by atoms with Gasteiger partial charge in [0, 0.05) is 10.6 Å². The van der Waals surface area contributed by atoms with E-state index in [2.05, 4.69) is 23.6 Å². The molecule has 0 spiro atoms. The van der Waals surface area contributed by atoms with Crippen LogP contribution in [0.15, 0.2) is 36.4 Å². The summed E-state index contributed by atoms with van der Waals surface area (Å²) in [6.45, 7) is 4.08. The Bertz CT molecular complexity index is 613. The predicted molar refractivity (Wildman–Crippen MR) is 81.1 cm³/mol. The van der Waals surface area contributed by atoms with E-state index in [9.17, 15) is 4.39 Å². The predicted octanol–water partition coefficient (Wildman–Crippen LogP) is 3.84. The van der Waals surface area contributed by atoms with Crippen molar-refractivity contribution in [2.45, 2.75) is 26.3 Å². The zero-order valence-corrected chi connectivity index (χ0v) is 12.3. The monoisotopic (exact) mass is 292 g/mol. The Hall–Kier alpha value is -1.42. The molecule has 0 saturated carbocycles. The first-order valence-corrected chi connectivity index (χ1v) is 6.86. The van der Waals surface area contributed by atoms with Crippen molar-refractivity contribution in [1.29, 1.82) is 0 Å². The summed E-state index contributed by atoms with van der Waals surface area (Å²) in [5.74, 6) is 5.26. The van der Waals surface area contributed by atoms with Gasteiger partial charge in [-0.3, -0.25) is 11.3 Å². The molecule has 0 aliphatic carbocycles. The Morgan fingerprint density at radius 3 is 2.60 bits per heavy atom. The second-order valence-electron chi connectivity index (χ2n) is 5.02. The molecular formula is C16H18ClFN2. The van der Waals surface area contributed by atoms with E-state index in [4.69, 9.17) is 17.4 Å². The van der Waals surface area contributed by atoms with Gasteiger partial charge in [0.05, 0.1) is 6.04 Å². The molecule has 20 heavy (non-hydrogen) atoms. The van der Waals surface area contributed by atoms with E-state index in [1.54, 1.807) is 12.1 Å². The minimum atomic E-state index is -0.342. The molecule has 0 aliphatic rings. The summed E-state index contributed by atoms with van der Waals surface area (Å²) in [7, 11) is 0. The van der Waals surface area contributed by atoms with Crippen LogP contribution in [0.5, 0.6) is 0 Å². The van der Waals surface area contributed by atoms with Crippen LogP contribution >= 0.6 is 11.6 Å². The molecular weight excluding hydrogens is 275 g/mol. The fourth-order valence-electron chi connectivity index (χ4n) is 2.28. The van der Waals surface area contributed by atoms with Crippen molar-refractivity contribution in [3.8, 4) is 0 Å². The number of hydrazine groups is 1. The van der Waals surface area contributed by atoms with E-state index in [1.165, 1.54) is 17.2 Å². The van der Waals surface area contributed by atoms with Crippen LogP contribution in [0.2, 0.25) is 5.02 Å². The fourth-order valence-corrected chi connectivity index (χ4v) is 2.44. The molecule has 106 valence electrons. The lowest BCUT2D eigenvalue weighted by Gasteiger charge is -2.19. The van der Waals surface area contributed by atoms with Gasteiger partial charge in [0.25, 0.3) is 0 Å². The summed E-state index contributed by atoms with van der Waals surface area (Å²) in [6, 6.07) is 10.6. The first-order chi connectivity index (χ1) is 9.51. The number of aryl methyl sites for hydroxylation is 2. The van der Waals surface area contributed by atoms with Gasteiger partial charge in [0.2, 0.25) is 0 Å². The SMILES string of the molecule is Cc1ccc(C)c(CC(NN)c2ccc(Cl)cc2F)c1. The average molecular weight is 293 g/mol. The van der Waals surface area contributed by atoms with Crippen molar-refractivity contribution in [2.24, 2.45) is 5.84 Å². The molecule has 0 aliphatic heterocycles. The minimum Gasteiger partial charge on any atom is -0.271 e. The molecule has 2 aromatic carbocycles. The van der Waals surface area contributed by atoms with Crippen molar-refractivity contribution in [3.05, 3.63) is 69.5 Å². The molecule has 0 heterocycles. The Balaban J connectivity index is 2.31. The van der Waals surface area contributed by atoms with E-state index in [-0.39, 0.29) is 11.9 Å². The lowest BCUT2D eigenvalue weighted by molar-refractivity contribution is 0.510. The van der Waals surface area contributed by atoms with Crippen LogP contribution < -0.4 is 11.3 Å². The normalized spacial score (nSPS) is 12.4. The number of halogens is 2. The molecule has 0 aromatic heterocycles. The van der Waals surface area contributed by atoms with E-state index >= 15 is 0 Å². The number of rotatable bonds is 4. The van der Waals surface area contributed by atoms with E-state index in [1.807, 2.05) is 13.8 Å². The van der Waals surface area contributed by atoms with Crippen molar-refractivity contribution in [3.63, 3.8) is 0 Å². The van der Waals surface area contributed by atoms with Crippen LogP contribution in [0.1, 0.15) is 28.3 Å². The zero-order chi connectivity index (χ0) is 14.7. The van der Waals surface area contributed by atoms with Crippen LogP contribution in [-0.4, -0.2) is 0 Å². The molecule has 0 bridgehead atoms. The number of hydrogen-bond acceptors (Lipinski definition) is 2. The second-order valence-corrected chi connectivity index (χ2v) is 5.46. The van der Waals surface area contributed by atoms with Crippen LogP contribution in [0.4, 0.5) is 4.39 Å². The Morgan fingerprint density at radius 2 is 1.95 bits per heavy atom. The largest absolute Gasteiger partial charge is 0.271 e. The molecule has 4 heteroatoms. The van der Waals surface area contributed by atoms with Gasteiger partial charge in [0.15, 0.2) is 0 Å². The Labute approximate surface area is 123 Å². The number of hydrogen-bond donors (Lipinski definition) is 2. The smallest absolute Gasteiger partial charge is 0.129 e. The first-order valence-electron chi connectivity index (χ1n) is 6.48. The van der Waals surface area contributed by atoms with Gasteiger partial charge in [-0.15, -0.1) is 0 Å². The van der Waals surface area contributed by atoms with Crippen molar-refractivity contribution in [1.82, 2.24) is 5.43 Å². The standard InChI is InChI=1S/C16H18ClFN2/c1-10-3-4-11(2)12(7-10)8-16(20-19)14-6-5-13(17)9-15(14)18/h3-7,9,16,20H,8,19H2,1-2H3. The van der Waals surface area contributed by atoms with E-state index in [0.29, 0.717) is 17.0 Å². The lowest BCUT2D eigenvalue weighted by Crippen LogP contribution is -2.30. The number of nitrogens with one attached hydrogen (secondary N) is 1. The topological polar surface area (TPSA) is 38.0 Å². The van der Waals surface area contributed by atoms with Gasteiger partial charge in [0.1, 0.15) is 5.82 Å². The maximum absolute atomic E-state index is 14.0. The highest BCUT2D eigenvalue weighted by molar-refractivity contribution is 6.30. The molecule has 3 N–H and O–H groups in total. The van der Waals surface area contributed by atoms with Gasteiger partial charge < -0.3 is 0 Å². The molecule has 0 fully saturated rings. The van der Waals surface area contributed by atoms with Gasteiger partial charge >= 0.3 is 0 Å². The molecule has 2 aromatic rings. The second kappa shape index (κ2) is 6.35. The van der Waals surface area contributed by atoms with Gasteiger partial charge in [-0.1, -0.05) is 41.4 Å². The molecule has 0 saturated heterocycles. The highest BCUT2D eigenvalue weighted by atomic mass is 35.5. The third-order valence-corrected chi connectivity index (χ3v) is 3.70. The van der Waals surface area contributed by atoms with Crippen molar-refractivity contribution < 1.29 is 4.39 Å². The summed E-state index contributed by atoms with van der Waals surface area (Å²) in [5, 5.41) is 0.383. The average Bonchev–Trinajstić information content (AvgIpc) is 2.40. The fraction of sp³-hybridized carbons (Fsp3) is 0.250. The van der Waals surface area contributed by atoms with Gasteiger partial charge in [-0.2, -0.15) is 0 Å². The summed E-state index contributed by atoms with van der Waals surface area (Å²) >= 11 is 5.78. The summed E-state index contributed by atoms with van der Waals surface area (Å²) in [4.78, 5) is 0. The molecule has 0 amide bonds. The third-order valence-electron chi connectivity index (χ3n) is 3.47. The molecule has 1 unspecified atom stereocenters. The summed E-state index contributed by atoms with van der Waals surface area (Å²) < 4.78 is 14.0. The summed E-state index contributed by atoms with van der Waals surface area (Å²) in [6.07, 6.45) is 0.628. The molecule has 2 nitrogen and oxygen atoms in total. The zero-order valence-electron chi connectivity index (χ0n) is 11.6. The van der Waals surface area contributed by atoms with E-state index in [0.717, 1.165) is 5.56 Å². The van der Waals surface area contributed by atoms with Gasteiger partial charge in [-0.05, 0) is 43.5 Å². The Kier molecular flexibility index (Phi) is 4.76. The van der Waals surface area contributed by atoms with Crippen LogP contribution in [0, 0.1) is 19.7 Å². The van der Waals surface area contributed by atoms with Crippen molar-refractivity contribution in [2.75, 3.05) is 0 Å². The highest BCUT2D eigenvalue weighted by Crippen LogP contribution is 2.25. The van der Waals surface area contributed by atoms with E-state index < -0.39 is 0 Å². The maximum atomic E-state index is 14.0. The van der Waals surface area contributed by atoms with Crippen LogP contribution in [0.3, 0.4) is 0 Å². The van der Waals surface area contributed by atoms with Crippen LogP contribution in [-0.2, 0) is 6.42 Å². The minimum absolute atomic E-state index is 0.284. The quantitative estimate of drug-likeness (QED) is 0.664. The van der Waals surface area contributed by atoms with Crippen molar-refractivity contribution >= 4 is 11.6 Å². The summed E-state index contributed by atoms with van der Waals surface area (Å²) in [5.41, 5.74) is 6.72. The molecule has 2 rings (SSSR count). The number of nitrogens with two attached hydrogens (primary N) is 1. The van der Waals surface area contributed by atoms with Crippen LogP contribution in [0.25, 0.3) is 0 Å². The molecule has 0 radical (unpaired) electrons. The molecule has 1 atom stereocenters. The third kappa shape index (κ3) is 3.37. The number of benzene rings is 2. The Morgan fingerprint density at radius 1 is 1.20 bits per heavy atom.